The molecule has 1 fully saturated rings. The van der Waals surface area contributed by atoms with Crippen LogP contribution in [0.5, 0.6) is 0 Å². The van der Waals surface area contributed by atoms with Crippen LogP contribution < -0.4 is 5.32 Å². The van der Waals surface area contributed by atoms with E-state index < -0.39 is 0 Å². The first-order chi connectivity index (χ1) is 8.72. The minimum atomic E-state index is 0.507. The van der Waals surface area contributed by atoms with E-state index in [1.807, 2.05) is 6.07 Å². The molecule has 100 valence electrons. The summed E-state index contributed by atoms with van der Waals surface area (Å²) in [5.74, 6) is 0.790. The Labute approximate surface area is 116 Å². The topological polar surface area (TPSA) is 12.0 Å². The van der Waals surface area contributed by atoms with E-state index in [1.165, 1.54) is 43.2 Å². The number of halogens is 1. The Hall–Kier alpha value is -0.530. The van der Waals surface area contributed by atoms with Crippen LogP contribution in [0.15, 0.2) is 18.2 Å². The van der Waals surface area contributed by atoms with Crippen molar-refractivity contribution in [2.45, 2.75) is 52.0 Å². The van der Waals surface area contributed by atoms with E-state index in [9.17, 15) is 0 Å². The normalized spacial score (nSPS) is 18.8. The fourth-order valence-corrected chi connectivity index (χ4v) is 3.43. The van der Waals surface area contributed by atoms with Crippen LogP contribution in [0.25, 0.3) is 0 Å². The van der Waals surface area contributed by atoms with Gasteiger partial charge >= 0.3 is 0 Å². The van der Waals surface area contributed by atoms with Crippen molar-refractivity contribution >= 4 is 11.6 Å². The summed E-state index contributed by atoms with van der Waals surface area (Å²) in [7, 11) is 0. The largest absolute Gasteiger partial charge is 0.310 e. The molecule has 2 rings (SSSR count). The number of rotatable bonds is 4. The highest BCUT2D eigenvalue weighted by molar-refractivity contribution is 6.30. The second-order valence-electron chi connectivity index (χ2n) is 5.43. The monoisotopic (exact) mass is 265 g/mol. The second-order valence-corrected chi connectivity index (χ2v) is 5.87. The first-order valence-electron chi connectivity index (χ1n) is 7.21. The third kappa shape index (κ3) is 3.27. The van der Waals surface area contributed by atoms with Crippen molar-refractivity contribution in [1.82, 2.24) is 5.32 Å². The second kappa shape index (κ2) is 6.58. The maximum Gasteiger partial charge on any atom is 0.0408 e. The molecule has 0 radical (unpaired) electrons. The zero-order valence-electron chi connectivity index (χ0n) is 11.5. The molecule has 0 amide bonds. The predicted molar refractivity (Wildman–Crippen MR) is 79.2 cm³/mol. The lowest BCUT2D eigenvalue weighted by atomic mass is 9.80. The predicted octanol–water partition coefficient (Wildman–Crippen LogP) is 4.88. The fourth-order valence-electron chi connectivity index (χ4n) is 3.21. The van der Waals surface area contributed by atoms with Crippen LogP contribution in [0.1, 0.15) is 56.2 Å². The highest BCUT2D eigenvalue weighted by Gasteiger charge is 2.25. The van der Waals surface area contributed by atoms with Crippen molar-refractivity contribution in [3.05, 3.63) is 34.3 Å². The Balaban J connectivity index is 2.22. The molecule has 1 aliphatic carbocycles. The van der Waals surface area contributed by atoms with Crippen molar-refractivity contribution in [2.75, 3.05) is 6.54 Å². The lowest BCUT2D eigenvalue weighted by molar-refractivity contribution is 0.274. The maximum atomic E-state index is 6.06. The molecule has 2 heteroatoms. The van der Waals surface area contributed by atoms with E-state index in [0.29, 0.717) is 6.04 Å². The molecule has 1 N–H and O–H groups in total. The molecule has 1 aromatic carbocycles. The van der Waals surface area contributed by atoms with Gasteiger partial charge in [0.2, 0.25) is 0 Å². The Bertz CT molecular complexity index is 383. The van der Waals surface area contributed by atoms with Gasteiger partial charge in [0.25, 0.3) is 0 Å². The Morgan fingerprint density at radius 2 is 2.00 bits per heavy atom. The molecule has 0 spiro atoms. The van der Waals surface area contributed by atoms with Crippen molar-refractivity contribution < 1.29 is 0 Å². The molecule has 1 atom stereocenters. The fraction of sp³-hybridized carbons (Fsp3) is 0.625. The van der Waals surface area contributed by atoms with Crippen LogP contribution in [-0.2, 0) is 0 Å². The molecule has 1 nitrogen and oxygen atoms in total. The Kier molecular flexibility index (Phi) is 5.08. The van der Waals surface area contributed by atoms with Crippen LogP contribution in [-0.4, -0.2) is 6.54 Å². The van der Waals surface area contributed by atoms with Crippen LogP contribution in [0.2, 0.25) is 5.02 Å². The first kappa shape index (κ1) is 13.9. The van der Waals surface area contributed by atoms with Gasteiger partial charge in [-0.1, -0.05) is 43.9 Å². The average Bonchev–Trinajstić information content (AvgIpc) is 2.38. The zero-order valence-corrected chi connectivity index (χ0v) is 12.3. The van der Waals surface area contributed by atoms with Gasteiger partial charge in [0.05, 0.1) is 0 Å². The van der Waals surface area contributed by atoms with E-state index in [-0.39, 0.29) is 0 Å². The minimum absolute atomic E-state index is 0.507. The number of aryl methyl sites for hydroxylation is 1. The van der Waals surface area contributed by atoms with Gasteiger partial charge < -0.3 is 5.32 Å². The summed E-state index contributed by atoms with van der Waals surface area (Å²) >= 11 is 6.06. The summed E-state index contributed by atoms with van der Waals surface area (Å²) in [6, 6.07) is 6.83. The first-order valence-corrected chi connectivity index (χ1v) is 7.59. The standard InChI is InChI=1S/C16H24ClN/c1-3-18-16(13-7-5-4-6-8-13)15-10-9-14(17)11-12(15)2/h9-11,13,16,18H,3-8H2,1-2H3. The molecular weight excluding hydrogens is 242 g/mol. The van der Waals surface area contributed by atoms with Crippen LogP contribution in [0.4, 0.5) is 0 Å². The van der Waals surface area contributed by atoms with Crippen LogP contribution >= 0.6 is 11.6 Å². The van der Waals surface area contributed by atoms with Crippen molar-refractivity contribution in [2.24, 2.45) is 5.92 Å². The number of nitrogens with one attached hydrogen (secondary N) is 1. The Morgan fingerprint density at radius 3 is 2.61 bits per heavy atom. The van der Waals surface area contributed by atoms with Gasteiger partial charge in [-0.15, -0.1) is 0 Å². The van der Waals surface area contributed by atoms with E-state index in [0.717, 1.165) is 17.5 Å². The zero-order chi connectivity index (χ0) is 13.0. The maximum absolute atomic E-state index is 6.06. The highest BCUT2D eigenvalue weighted by Crippen LogP contribution is 2.36. The molecule has 0 aromatic heterocycles. The summed E-state index contributed by atoms with van der Waals surface area (Å²) < 4.78 is 0. The smallest absolute Gasteiger partial charge is 0.0408 e. The quantitative estimate of drug-likeness (QED) is 0.818. The summed E-state index contributed by atoms with van der Waals surface area (Å²) in [5.41, 5.74) is 2.76. The third-order valence-corrected chi connectivity index (χ3v) is 4.35. The lowest BCUT2D eigenvalue weighted by Crippen LogP contribution is -2.30. The van der Waals surface area contributed by atoms with Gasteiger partial charge in [0.1, 0.15) is 0 Å². The van der Waals surface area contributed by atoms with Crippen LogP contribution in [0.3, 0.4) is 0 Å². The number of hydrogen-bond donors (Lipinski definition) is 1. The SMILES string of the molecule is CCNC(c1ccc(Cl)cc1C)C1CCCCC1. The third-order valence-electron chi connectivity index (χ3n) is 4.11. The molecule has 1 aromatic rings. The average molecular weight is 266 g/mol. The van der Waals surface area contributed by atoms with E-state index in [2.05, 4.69) is 31.3 Å². The van der Waals surface area contributed by atoms with Gasteiger partial charge in [0, 0.05) is 11.1 Å². The van der Waals surface area contributed by atoms with Gasteiger partial charge in [-0.25, -0.2) is 0 Å². The van der Waals surface area contributed by atoms with Crippen molar-refractivity contribution in [3.63, 3.8) is 0 Å². The molecule has 0 heterocycles. The molecule has 18 heavy (non-hydrogen) atoms. The number of hydrogen-bond acceptors (Lipinski definition) is 1. The molecule has 0 bridgehead atoms. The summed E-state index contributed by atoms with van der Waals surface area (Å²) in [6.07, 6.45) is 6.91. The Morgan fingerprint density at radius 1 is 1.28 bits per heavy atom. The van der Waals surface area contributed by atoms with Crippen molar-refractivity contribution in [3.8, 4) is 0 Å². The van der Waals surface area contributed by atoms with Crippen LogP contribution in [0, 0.1) is 12.8 Å². The summed E-state index contributed by atoms with van der Waals surface area (Å²) in [6.45, 7) is 5.40. The van der Waals surface area contributed by atoms with Crippen molar-refractivity contribution in [1.29, 1.82) is 0 Å². The molecular formula is C16H24ClN. The van der Waals surface area contributed by atoms with Gasteiger partial charge in [-0.3, -0.25) is 0 Å². The van der Waals surface area contributed by atoms with E-state index in [4.69, 9.17) is 11.6 Å². The lowest BCUT2D eigenvalue weighted by Gasteiger charge is -2.32. The molecule has 1 unspecified atom stereocenters. The summed E-state index contributed by atoms with van der Waals surface area (Å²) in [4.78, 5) is 0. The van der Waals surface area contributed by atoms with E-state index in [1.54, 1.807) is 0 Å². The minimum Gasteiger partial charge on any atom is -0.310 e. The summed E-state index contributed by atoms with van der Waals surface area (Å²) in [5, 5.41) is 4.53. The van der Waals surface area contributed by atoms with E-state index >= 15 is 0 Å². The molecule has 0 saturated heterocycles. The molecule has 1 aliphatic rings. The highest BCUT2D eigenvalue weighted by atomic mass is 35.5. The van der Waals surface area contributed by atoms with Gasteiger partial charge in [0.15, 0.2) is 0 Å². The molecule has 1 saturated carbocycles. The van der Waals surface area contributed by atoms with Gasteiger partial charge in [-0.05, 0) is 55.5 Å². The van der Waals surface area contributed by atoms with Gasteiger partial charge in [-0.2, -0.15) is 0 Å². The molecule has 0 aliphatic heterocycles. The number of benzene rings is 1.